The number of allylic oxidation sites excluding steroid dienone is 16. The van der Waals surface area contributed by atoms with E-state index in [1.54, 1.807) is 0 Å². The van der Waals surface area contributed by atoms with Crippen molar-refractivity contribution in [1.29, 1.82) is 0 Å². The van der Waals surface area contributed by atoms with Gasteiger partial charge >= 0.3 is 17.9 Å². The van der Waals surface area contributed by atoms with Crippen LogP contribution in [-0.2, 0) is 28.6 Å². The Morgan fingerprint density at radius 3 is 0.914 bits per heavy atom. The van der Waals surface area contributed by atoms with E-state index in [1.807, 2.05) is 0 Å². The highest BCUT2D eigenvalue weighted by molar-refractivity contribution is 5.71. The largest absolute Gasteiger partial charge is 0.462 e. The molecule has 1 unspecified atom stereocenters. The topological polar surface area (TPSA) is 78.9 Å². The van der Waals surface area contributed by atoms with Crippen molar-refractivity contribution in [3.63, 3.8) is 0 Å². The van der Waals surface area contributed by atoms with E-state index in [0.717, 1.165) is 122 Å². The fraction of sp³-hybridized carbons (Fsp3) is 0.703. The summed E-state index contributed by atoms with van der Waals surface area (Å²) in [6.07, 6.45) is 77.0. The van der Waals surface area contributed by atoms with E-state index in [9.17, 15) is 14.4 Å². The van der Waals surface area contributed by atoms with Gasteiger partial charge in [-0.15, -0.1) is 0 Å². The first-order valence-corrected chi connectivity index (χ1v) is 29.2. The Morgan fingerprint density at radius 1 is 0.300 bits per heavy atom. The summed E-state index contributed by atoms with van der Waals surface area (Å²) in [7, 11) is 0. The number of hydrogen-bond donors (Lipinski definition) is 0. The zero-order chi connectivity index (χ0) is 50.7. The maximum Gasteiger partial charge on any atom is 0.306 e. The van der Waals surface area contributed by atoms with Crippen molar-refractivity contribution in [2.24, 2.45) is 0 Å². The number of carbonyl (C=O) groups is 3. The van der Waals surface area contributed by atoms with Gasteiger partial charge < -0.3 is 14.2 Å². The molecule has 6 heteroatoms. The van der Waals surface area contributed by atoms with Crippen LogP contribution in [-0.4, -0.2) is 37.2 Å². The van der Waals surface area contributed by atoms with Gasteiger partial charge in [-0.05, 0) is 103 Å². The molecule has 0 aromatic carbocycles. The van der Waals surface area contributed by atoms with Crippen molar-refractivity contribution in [3.8, 4) is 0 Å². The molecule has 0 rings (SSSR count). The molecular formula is C64H108O6. The van der Waals surface area contributed by atoms with Gasteiger partial charge in [0, 0.05) is 19.3 Å². The lowest BCUT2D eigenvalue weighted by Crippen LogP contribution is -2.30. The van der Waals surface area contributed by atoms with E-state index in [-0.39, 0.29) is 31.1 Å². The third-order valence-electron chi connectivity index (χ3n) is 12.3. The number of ether oxygens (including phenoxy) is 3. The summed E-state index contributed by atoms with van der Waals surface area (Å²) in [5.41, 5.74) is 0. The minimum Gasteiger partial charge on any atom is -0.462 e. The molecular weight excluding hydrogens is 865 g/mol. The Balaban J connectivity index is 4.16. The van der Waals surface area contributed by atoms with E-state index in [4.69, 9.17) is 14.2 Å². The zero-order valence-electron chi connectivity index (χ0n) is 45.8. The number of esters is 3. The molecule has 0 aliphatic rings. The van der Waals surface area contributed by atoms with Crippen LogP contribution in [0.5, 0.6) is 0 Å². The molecule has 0 radical (unpaired) electrons. The maximum atomic E-state index is 12.8. The number of rotatable bonds is 52. The van der Waals surface area contributed by atoms with Gasteiger partial charge in [-0.2, -0.15) is 0 Å². The molecule has 70 heavy (non-hydrogen) atoms. The molecule has 0 saturated heterocycles. The van der Waals surface area contributed by atoms with Crippen LogP contribution < -0.4 is 0 Å². The molecule has 0 bridgehead atoms. The molecule has 0 saturated carbocycles. The van der Waals surface area contributed by atoms with E-state index in [1.165, 1.54) is 109 Å². The fourth-order valence-corrected chi connectivity index (χ4v) is 7.95. The van der Waals surface area contributed by atoms with E-state index >= 15 is 0 Å². The van der Waals surface area contributed by atoms with Crippen LogP contribution in [0.25, 0.3) is 0 Å². The van der Waals surface area contributed by atoms with Gasteiger partial charge in [-0.1, -0.05) is 246 Å². The maximum absolute atomic E-state index is 12.8. The van der Waals surface area contributed by atoms with Gasteiger partial charge in [-0.3, -0.25) is 14.4 Å². The quantitative estimate of drug-likeness (QED) is 0.0262. The minimum atomic E-state index is -0.781. The number of carbonyl (C=O) groups excluding carboxylic acids is 3. The fourth-order valence-electron chi connectivity index (χ4n) is 7.95. The second-order valence-corrected chi connectivity index (χ2v) is 19.2. The molecule has 0 N–H and O–H groups in total. The van der Waals surface area contributed by atoms with Crippen molar-refractivity contribution in [1.82, 2.24) is 0 Å². The second-order valence-electron chi connectivity index (χ2n) is 19.2. The molecule has 0 aromatic heterocycles. The third-order valence-corrected chi connectivity index (χ3v) is 12.3. The van der Waals surface area contributed by atoms with Crippen LogP contribution in [0.15, 0.2) is 97.2 Å². The highest BCUT2D eigenvalue weighted by atomic mass is 16.6. The number of hydrogen-bond acceptors (Lipinski definition) is 6. The molecule has 0 heterocycles. The van der Waals surface area contributed by atoms with E-state index in [0.29, 0.717) is 19.3 Å². The molecule has 400 valence electrons. The minimum absolute atomic E-state index is 0.0803. The molecule has 0 amide bonds. The Bertz CT molecular complexity index is 1400. The van der Waals surface area contributed by atoms with Gasteiger partial charge in [0.15, 0.2) is 6.10 Å². The summed E-state index contributed by atoms with van der Waals surface area (Å²) < 4.78 is 16.8. The molecule has 0 fully saturated rings. The Kier molecular flexibility index (Phi) is 54.9. The smallest absolute Gasteiger partial charge is 0.306 e. The second kappa shape index (κ2) is 57.9. The van der Waals surface area contributed by atoms with Crippen LogP contribution in [0.4, 0.5) is 0 Å². The van der Waals surface area contributed by atoms with Gasteiger partial charge in [-0.25, -0.2) is 0 Å². The summed E-state index contributed by atoms with van der Waals surface area (Å²) in [5.74, 6) is -0.897. The van der Waals surface area contributed by atoms with Crippen LogP contribution in [0.2, 0.25) is 0 Å². The van der Waals surface area contributed by atoms with Crippen LogP contribution in [0, 0.1) is 0 Å². The van der Waals surface area contributed by atoms with Crippen molar-refractivity contribution in [2.45, 2.75) is 277 Å². The summed E-state index contributed by atoms with van der Waals surface area (Å²) in [4.78, 5) is 38.0. The van der Waals surface area contributed by atoms with E-state index < -0.39 is 6.10 Å². The standard InChI is InChI=1S/C64H108O6/c1-4-7-10-13-16-19-21-23-24-25-26-27-28-29-30-31-32-33-34-35-36-37-38-39-40-41-43-45-48-51-54-57-63(66)69-60-61(59-68-62(65)56-53-50-47-44-18-15-12-9-6-3)70-64(67)58-55-52-49-46-42-22-20-17-14-11-8-5-2/h7,10,16-17,19-20,23-24,26-27,29-30,32-33,35-36,61H,4-6,8-9,11-15,18,21-22,25,28,31,34,37-60H2,1-3H3/b10-7-,19-16-,20-17-,24-23-,27-26-,30-29-,33-32-,36-35-. The lowest BCUT2D eigenvalue weighted by Gasteiger charge is -2.18. The predicted octanol–water partition coefficient (Wildman–Crippen LogP) is 19.7. The lowest BCUT2D eigenvalue weighted by atomic mass is 10.1. The summed E-state index contributed by atoms with van der Waals surface area (Å²) >= 11 is 0. The van der Waals surface area contributed by atoms with Crippen LogP contribution in [0.1, 0.15) is 271 Å². The molecule has 0 aliphatic heterocycles. The average Bonchev–Trinajstić information content (AvgIpc) is 3.36. The molecule has 6 nitrogen and oxygen atoms in total. The summed E-state index contributed by atoms with van der Waals surface area (Å²) in [6.45, 7) is 6.47. The Morgan fingerprint density at radius 2 is 0.557 bits per heavy atom. The van der Waals surface area contributed by atoms with Gasteiger partial charge in [0.25, 0.3) is 0 Å². The molecule has 0 spiro atoms. The highest BCUT2D eigenvalue weighted by Gasteiger charge is 2.19. The Labute approximate surface area is 432 Å². The summed E-state index contributed by atoms with van der Waals surface area (Å²) in [6, 6.07) is 0. The number of unbranched alkanes of at least 4 members (excludes halogenated alkanes) is 25. The van der Waals surface area contributed by atoms with Gasteiger partial charge in [0.1, 0.15) is 13.2 Å². The Hall–Kier alpha value is -3.67. The van der Waals surface area contributed by atoms with E-state index in [2.05, 4.69) is 118 Å². The van der Waals surface area contributed by atoms with Gasteiger partial charge in [0.2, 0.25) is 0 Å². The van der Waals surface area contributed by atoms with Crippen LogP contribution >= 0.6 is 0 Å². The van der Waals surface area contributed by atoms with Crippen molar-refractivity contribution >= 4 is 17.9 Å². The molecule has 0 aliphatic carbocycles. The lowest BCUT2D eigenvalue weighted by molar-refractivity contribution is -0.167. The average molecular weight is 974 g/mol. The van der Waals surface area contributed by atoms with Crippen molar-refractivity contribution < 1.29 is 28.6 Å². The first kappa shape index (κ1) is 66.3. The molecule has 1 atom stereocenters. The zero-order valence-corrected chi connectivity index (χ0v) is 45.8. The monoisotopic (exact) mass is 973 g/mol. The summed E-state index contributed by atoms with van der Waals surface area (Å²) in [5, 5.41) is 0. The van der Waals surface area contributed by atoms with Crippen molar-refractivity contribution in [3.05, 3.63) is 97.2 Å². The van der Waals surface area contributed by atoms with Gasteiger partial charge in [0.05, 0.1) is 0 Å². The predicted molar refractivity (Wildman–Crippen MR) is 302 cm³/mol. The normalized spacial score (nSPS) is 12.8. The highest BCUT2D eigenvalue weighted by Crippen LogP contribution is 2.15. The molecule has 0 aromatic rings. The first-order chi connectivity index (χ1) is 34.5. The first-order valence-electron chi connectivity index (χ1n) is 29.2. The SMILES string of the molecule is CC/C=C\C/C=C\C/C=C\C/C=C\C/C=C\C/C=C\C/C=C\CCCCCCCCCCCC(=O)OCC(COC(=O)CCCCCCCCCCC)OC(=O)CCCCCCC/C=C\CCCCC. The van der Waals surface area contributed by atoms with Crippen LogP contribution in [0.3, 0.4) is 0 Å². The van der Waals surface area contributed by atoms with Crippen molar-refractivity contribution in [2.75, 3.05) is 13.2 Å². The third kappa shape index (κ3) is 55.3.